The van der Waals surface area contributed by atoms with Crippen molar-refractivity contribution in [2.24, 2.45) is 0 Å². The van der Waals surface area contributed by atoms with Crippen molar-refractivity contribution in [1.29, 1.82) is 0 Å². The van der Waals surface area contributed by atoms with Crippen molar-refractivity contribution in [2.45, 2.75) is 51.1 Å². The SMILES string of the molecule is C[C@@H](NC(=O)CN(C)C1CCCCC1)c1ccccc1. The van der Waals surface area contributed by atoms with Gasteiger partial charge in [-0.25, -0.2) is 0 Å². The number of carbonyl (C=O) groups is 1. The summed E-state index contributed by atoms with van der Waals surface area (Å²) in [5.74, 6) is 0.120. The zero-order valence-electron chi connectivity index (χ0n) is 12.6. The molecule has 0 radical (unpaired) electrons. The molecule has 0 aliphatic heterocycles. The molecule has 1 saturated carbocycles. The Kier molecular flexibility index (Phi) is 5.60. The van der Waals surface area contributed by atoms with Gasteiger partial charge in [0.25, 0.3) is 0 Å². The maximum Gasteiger partial charge on any atom is 0.234 e. The Bertz CT molecular complexity index is 412. The molecule has 20 heavy (non-hydrogen) atoms. The van der Waals surface area contributed by atoms with Gasteiger partial charge in [0.15, 0.2) is 0 Å². The van der Waals surface area contributed by atoms with Crippen molar-refractivity contribution in [2.75, 3.05) is 13.6 Å². The molecule has 110 valence electrons. The molecule has 1 aromatic rings. The van der Waals surface area contributed by atoms with Crippen LogP contribution in [-0.2, 0) is 4.79 Å². The monoisotopic (exact) mass is 274 g/mol. The van der Waals surface area contributed by atoms with Gasteiger partial charge in [-0.2, -0.15) is 0 Å². The molecule has 0 heterocycles. The first-order valence-corrected chi connectivity index (χ1v) is 7.71. The van der Waals surface area contributed by atoms with Crippen LogP contribution in [-0.4, -0.2) is 30.4 Å². The smallest absolute Gasteiger partial charge is 0.234 e. The maximum absolute atomic E-state index is 12.1. The molecule has 0 bridgehead atoms. The van der Waals surface area contributed by atoms with Crippen LogP contribution < -0.4 is 5.32 Å². The van der Waals surface area contributed by atoms with Gasteiger partial charge in [-0.1, -0.05) is 49.6 Å². The number of nitrogens with zero attached hydrogens (tertiary/aromatic N) is 1. The van der Waals surface area contributed by atoms with Crippen molar-refractivity contribution in [1.82, 2.24) is 10.2 Å². The summed E-state index contributed by atoms with van der Waals surface area (Å²) >= 11 is 0. The fourth-order valence-corrected chi connectivity index (χ4v) is 2.99. The highest BCUT2D eigenvalue weighted by atomic mass is 16.2. The van der Waals surface area contributed by atoms with Crippen LogP contribution in [0.5, 0.6) is 0 Å². The van der Waals surface area contributed by atoms with Crippen molar-refractivity contribution >= 4 is 5.91 Å². The van der Waals surface area contributed by atoms with Gasteiger partial charge in [0, 0.05) is 6.04 Å². The summed E-state index contributed by atoms with van der Waals surface area (Å²) in [4.78, 5) is 14.3. The molecule has 1 aromatic carbocycles. The molecule has 2 rings (SSSR count). The van der Waals surface area contributed by atoms with E-state index in [1.807, 2.05) is 25.1 Å². The molecule has 0 unspecified atom stereocenters. The highest BCUT2D eigenvalue weighted by molar-refractivity contribution is 5.78. The van der Waals surface area contributed by atoms with Crippen molar-refractivity contribution in [3.8, 4) is 0 Å². The minimum atomic E-state index is 0.0726. The first-order valence-electron chi connectivity index (χ1n) is 7.71. The van der Waals surface area contributed by atoms with Gasteiger partial charge >= 0.3 is 0 Å². The van der Waals surface area contributed by atoms with Gasteiger partial charge in [-0.15, -0.1) is 0 Å². The summed E-state index contributed by atoms with van der Waals surface area (Å²) in [7, 11) is 2.07. The number of amides is 1. The normalized spacial score (nSPS) is 17.9. The lowest BCUT2D eigenvalue weighted by Gasteiger charge is -2.31. The van der Waals surface area contributed by atoms with Crippen LogP contribution >= 0.6 is 0 Å². The summed E-state index contributed by atoms with van der Waals surface area (Å²) in [6, 6.07) is 10.8. The average molecular weight is 274 g/mol. The van der Waals surface area contributed by atoms with E-state index in [4.69, 9.17) is 0 Å². The zero-order valence-corrected chi connectivity index (χ0v) is 12.6. The second-order valence-corrected chi connectivity index (χ2v) is 5.91. The Morgan fingerprint density at radius 1 is 1.25 bits per heavy atom. The number of hydrogen-bond acceptors (Lipinski definition) is 2. The molecule has 1 aliphatic carbocycles. The van der Waals surface area contributed by atoms with E-state index in [2.05, 4.69) is 29.4 Å². The highest BCUT2D eigenvalue weighted by Gasteiger charge is 2.20. The lowest BCUT2D eigenvalue weighted by molar-refractivity contribution is -0.123. The maximum atomic E-state index is 12.1. The van der Waals surface area contributed by atoms with Crippen LogP contribution in [0.3, 0.4) is 0 Å². The van der Waals surface area contributed by atoms with Crippen LogP contribution in [0.25, 0.3) is 0 Å². The van der Waals surface area contributed by atoms with E-state index in [0.717, 1.165) is 5.56 Å². The Labute approximate surface area is 122 Å². The fourth-order valence-electron chi connectivity index (χ4n) is 2.99. The van der Waals surface area contributed by atoms with Crippen molar-refractivity contribution in [3.63, 3.8) is 0 Å². The first kappa shape index (κ1) is 15.0. The average Bonchev–Trinajstić information content (AvgIpc) is 2.49. The number of likely N-dealkylation sites (N-methyl/N-ethyl adjacent to an activating group) is 1. The predicted molar refractivity (Wildman–Crippen MR) is 82.5 cm³/mol. The van der Waals surface area contributed by atoms with Crippen molar-refractivity contribution in [3.05, 3.63) is 35.9 Å². The van der Waals surface area contributed by atoms with Crippen LogP contribution in [0.15, 0.2) is 30.3 Å². The van der Waals surface area contributed by atoms with E-state index in [-0.39, 0.29) is 11.9 Å². The minimum Gasteiger partial charge on any atom is -0.348 e. The largest absolute Gasteiger partial charge is 0.348 e. The van der Waals surface area contributed by atoms with Gasteiger partial charge in [0.1, 0.15) is 0 Å². The lowest BCUT2D eigenvalue weighted by atomic mass is 9.94. The summed E-state index contributed by atoms with van der Waals surface area (Å²) < 4.78 is 0. The molecule has 1 fully saturated rings. The van der Waals surface area contributed by atoms with Gasteiger partial charge in [-0.05, 0) is 32.4 Å². The standard InChI is InChI=1S/C17H26N2O/c1-14(15-9-5-3-6-10-15)18-17(20)13-19(2)16-11-7-4-8-12-16/h3,5-6,9-10,14,16H,4,7-8,11-13H2,1-2H3,(H,18,20)/t14-/m1/s1. The van der Waals surface area contributed by atoms with Gasteiger partial charge in [-0.3, -0.25) is 9.69 Å². The Morgan fingerprint density at radius 2 is 1.90 bits per heavy atom. The molecule has 1 N–H and O–H groups in total. The Morgan fingerprint density at radius 3 is 2.55 bits per heavy atom. The van der Waals surface area contributed by atoms with E-state index >= 15 is 0 Å². The molecule has 1 atom stereocenters. The molecule has 1 amide bonds. The third-order valence-electron chi connectivity index (χ3n) is 4.27. The van der Waals surface area contributed by atoms with E-state index in [0.29, 0.717) is 12.6 Å². The quantitative estimate of drug-likeness (QED) is 0.894. The Balaban J connectivity index is 1.79. The lowest BCUT2D eigenvalue weighted by Crippen LogP contribution is -2.42. The van der Waals surface area contributed by atoms with Crippen molar-refractivity contribution < 1.29 is 4.79 Å². The molecule has 1 aliphatic rings. The molecule has 3 nitrogen and oxygen atoms in total. The first-order chi connectivity index (χ1) is 9.66. The van der Waals surface area contributed by atoms with Gasteiger partial charge < -0.3 is 5.32 Å². The topological polar surface area (TPSA) is 32.3 Å². The number of rotatable bonds is 5. The second-order valence-electron chi connectivity index (χ2n) is 5.91. The third-order valence-corrected chi connectivity index (χ3v) is 4.27. The van der Waals surface area contributed by atoms with Gasteiger partial charge in [0.2, 0.25) is 5.91 Å². The summed E-state index contributed by atoms with van der Waals surface area (Å²) in [5.41, 5.74) is 1.15. The van der Waals surface area contributed by atoms with Crippen LogP contribution in [0, 0.1) is 0 Å². The molecular formula is C17H26N2O. The second kappa shape index (κ2) is 7.44. The molecule has 0 spiro atoms. The summed E-state index contributed by atoms with van der Waals surface area (Å²) in [5, 5.41) is 3.09. The third kappa shape index (κ3) is 4.34. The van der Waals surface area contributed by atoms with E-state index in [1.165, 1.54) is 32.1 Å². The van der Waals surface area contributed by atoms with Crippen LogP contribution in [0.1, 0.15) is 50.6 Å². The van der Waals surface area contributed by atoms with Gasteiger partial charge in [0.05, 0.1) is 12.6 Å². The van der Waals surface area contributed by atoms with Crippen LogP contribution in [0.2, 0.25) is 0 Å². The Hall–Kier alpha value is -1.35. The zero-order chi connectivity index (χ0) is 14.4. The van der Waals surface area contributed by atoms with Crippen LogP contribution in [0.4, 0.5) is 0 Å². The minimum absolute atomic E-state index is 0.0726. The number of hydrogen-bond donors (Lipinski definition) is 1. The van der Waals surface area contributed by atoms with E-state index in [9.17, 15) is 4.79 Å². The van der Waals surface area contributed by atoms with E-state index in [1.54, 1.807) is 0 Å². The molecular weight excluding hydrogens is 248 g/mol. The fraction of sp³-hybridized carbons (Fsp3) is 0.588. The summed E-state index contributed by atoms with van der Waals surface area (Å²) in [6.07, 6.45) is 6.42. The number of nitrogens with one attached hydrogen (secondary N) is 1. The van der Waals surface area contributed by atoms with E-state index < -0.39 is 0 Å². The highest BCUT2D eigenvalue weighted by Crippen LogP contribution is 2.21. The summed E-state index contributed by atoms with van der Waals surface area (Å²) in [6.45, 7) is 2.54. The predicted octanol–water partition coefficient (Wildman–Crippen LogP) is 3.13. The molecule has 3 heteroatoms. The molecule has 0 aromatic heterocycles. The molecule has 0 saturated heterocycles. The number of benzene rings is 1. The number of carbonyl (C=O) groups excluding carboxylic acids is 1.